The van der Waals surface area contributed by atoms with Crippen molar-refractivity contribution in [2.45, 2.75) is 6.61 Å². The van der Waals surface area contributed by atoms with Gasteiger partial charge in [-0.3, -0.25) is 4.79 Å². The standard InChI is InChI=1S/C16H12F2N2O3S/c17-10-3-4-13(12(18)6-10)19-16(21)9-22-8-11-7-14(23-20-11)15-2-1-5-24-15/h1-7H,8-9H2,(H,19,21). The second-order valence-electron chi connectivity index (χ2n) is 4.82. The number of hydrogen-bond donors (Lipinski definition) is 1. The van der Waals surface area contributed by atoms with E-state index in [1.807, 2.05) is 17.5 Å². The second kappa shape index (κ2) is 7.33. The molecule has 0 saturated carbocycles. The fourth-order valence-corrected chi connectivity index (χ4v) is 2.61. The number of aromatic nitrogens is 1. The Labute approximate surface area is 139 Å². The molecule has 0 saturated heterocycles. The lowest BCUT2D eigenvalue weighted by Crippen LogP contribution is -2.19. The van der Waals surface area contributed by atoms with Crippen LogP contribution in [0, 0.1) is 11.6 Å². The highest BCUT2D eigenvalue weighted by Gasteiger charge is 2.10. The summed E-state index contributed by atoms with van der Waals surface area (Å²) >= 11 is 1.52. The molecule has 0 spiro atoms. The van der Waals surface area contributed by atoms with Crippen molar-refractivity contribution in [3.63, 3.8) is 0 Å². The molecule has 8 heteroatoms. The number of nitrogens with zero attached hydrogens (tertiary/aromatic N) is 1. The Kier molecular flexibility index (Phi) is 4.97. The fraction of sp³-hybridized carbons (Fsp3) is 0.125. The molecule has 124 valence electrons. The topological polar surface area (TPSA) is 64.4 Å². The quantitative estimate of drug-likeness (QED) is 0.734. The average molecular weight is 350 g/mol. The Bertz CT molecular complexity index is 834. The molecule has 1 aromatic carbocycles. The first-order chi connectivity index (χ1) is 11.6. The monoisotopic (exact) mass is 350 g/mol. The van der Waals surface area contributed by atoms with Gasteiger partial charge in [-0.2, -0.15) is 0 Å². The van der Waals surface area contributed by atoms with Crippen LogP contribution in [-0.4, -0.2) is 17.7 Å². The second-order valence-corrected chi connectivity index (χ2v) is 5.77. The van der Waals surface area contributed by atoms with Gasteiger partial charge < -0.3 is 14.6 Å². The molecule has 1 amide bonds. The Hall–Kier alpha value is -2.58. The number of anilines is 1. The van der Waals surface area contributed by atoms with E-state index < -0.39 is 17.5 Å². The fourth-order valence-electron chi connectivity index (χ4n) is 1.94. The molecule has 0 aliphatic carbocycles. The zero-order valence-corrected chi connectivity index (χ0v) is 13.1. The molecule has 3 rings (SSSR count). The lowest BCUT2D eigenvalue weighted by Gasteiger charge is -2.06. The summed E-state index contributed by atoms with van der Waals surface area (Å²) in [6.07, 6.45) is 0. The number of nitrogens with one attached hydrogen (secondary N) is 1. The zero-order valence-electron chi connectivity index (χ0n) is 12.3. The van der Waals surface area contributed by atoms with Crippen LogP contribution in [0.2, 0.25) is 0 Å². The Morgan fingerprint density at radius 2 is 2.17 bits per heavy atom. The lowest BCUT2D eigenvalue weighted by molar-refractivity contribution is -0.121. The van der Waals surface area contributed by atoms with Crippen LogP contribution in [0.5, 0.6) is 0 Å². The van der Waals surface area contributed by atoms with E-state index >= 15 is 0 Å². The van der Waals surface area contributed by atoms with Crippen molar-refractivity contribution in [3.05, 3.63) is 59.1 Å². The predicted molar refractivity (Wildman–Crippen MR) is 84.5 cm³/mol. The van der Waals surface area contributed by atoms with Crippen LogP contribution < -0.4 is 5.32 Å². The van der Waals surface area contributed by atoms with E-state index in [2.05, 4.69) is 10.5 Å². The molecule has 0 bridgehead atoms. The number of benzene rings is 1. The molecule has 2 aromatic heterocycles. The Morgan fingerprint density at radius 3 is 2.92 bits per heavy atom. The first-order valence-electron chi connectivity index (χ1n) is 6.94. The van der Waals surface area contributed by atoms with E-state index in [0.717, 1.165) is 17.0 Å². The van der Waals surface area contributed by atoms with E-state index in [-0.39, 0.29) is 18.9 Å². The summed E-state index contributed by atoms with van der Waals surface area (Å²) in [6, 6.07) is 8.42. The van der Waals surface area contributed by atoms with Gasteiger partial charge in [0.2, 0.25) is 5.91 Å². The Balaban J connectivity index is 1.48. The zero-order chi connectivity index (χ0) is 16.9. The van der Waals surface area contributed by atoms with Gasteiger partial charge in [-0.1, -0.05) is 11.2 Å². The van der Waals surface area contributed by atoms with Crippen LogP contribution in [0.15, 0.2) is 46.3 Å². The van der Waals surface area contributed by atoms with Gasteiger partial charge in [0, 0.05) is 12.1 Å². The van der Waals surface area contributed by atoms with Crippen molar-refractivity contribution in [1.82, 2.24) is 5.16 Å². The van der Waals surface area contributed by atoms with E-state index in [9.17, 15) is 13.6 Å². The summed E-state index contributed by atoms with van der Waals surface area (Å²) in [4.78, 5) is 12.6. The van der Waals surface area contributed by atoms with Gasteiger partial charge in [0.05, 0.1) is 17.2 Å². The van der Waals surface area contributed by atoms with Crippen molar-refractivity contribution >= 4 is 22.9 Å². The third-order valence-corrected chi connectivity index (χ3v) is 3.90. The third-order valence-electron chi connectivity index (χ3n) is 3.01. The molecular weight excluding hydrogens is 338 g/mol. The van der Waals surface area contributed by atoms with E-state index in [4.69, 9.17) is 9.26 Å². The molecule has 0 atom stereocenters. The van der Waals surface area contributed by atoms with Gasteiger partial charge in [-0.15, -0.1) is 11.3 Å². The molecule has 2 heterocycles. The normalized spacial score (nSPS) is 10.8. The minimum atomic E-state index is -0.847. The van der Waals surface area contributed by atoms with Crippen molar-refractivity contribution < 1.29 is 22.8 Å². The summed E-state index contributed by atoms with van der Waals surface area (Å²) in [7, 11) is 0. The van der Waals surface area contributed by atoms with Crippen LogP contribution in [0.25, 0.3) is 10.6 Å². The molecule has 0 aliphatic heterocycles. The first kappa shape index (κ1) is 16.3. The largest absolute Gasteiger partial charge is 0.365 e. The molecular formula is C16H12F2N2O3S. The minimum Gasteiger partial charge on any atom is -0.365 e. The van der Waals surface area contributed by atoms with Gasteiger partial charge >= 0.3 is 0 Å². The van der Waals surface area contributed by atoms with E-state index in [1.165, 1.54) is 11.3 Å². The minimum absolute atomic E-state index is 0.0776. The van der Waals surface area contributed by atoms with Crippen LogP contribution in [0.1, 0.15) is 5.69 Å². The van der Waals surface area contributed by atoms with E-state index in [1.54, 1.807) is 6.07 Å². The number of carbonyl (C=O) groups excluding carboxylic acids is 1. The molecule has 0 radical (unpaired) electrons. The molecule has 1 N–H and O–H groups in total. The highest BCUT2D eigenvalue weighted by molar-refractivity contribution is 7.13. The summed E-state index contributed by atoms with van der Waals surface area (Å²) in [5, 5.41) is 8.08. The average Bonchev–Trinajstić information content (AvgIpc) is 3.21. The Morgan fingerprint density at radius 1 is 1.29 bits per heavy atom. The number of hydrogen-bond acceptors (Lipinski definition) is 5. The summed E-state index contributed by atoms with van der Waals surface area (Å²) in [5.74, 6) is -1.49. The van der Waals surface area contributed by atoms with Gasteiger partial charge in [-0.25, -0.2) is 8.78 Å². The number of rotatable bonds is 6. The maximum atomic E-state index is 13.4. The van der Waals surface area contributed by atoms with Gasteiger partial charge in [0.1, 0.15) is 23.9 Å². The smallest absolute Gasteiger partial charge is 0.250 e. The van der Waals surface area contributed by atoms with Crippen LogP contribution >= 0.6 is 11.3 Å². The van der Waals surface area contributed by atoms with Crippen molar-refractivity contribution in [3.8, 4) is 10.6 Å². The summed E-state index contributed by atoms with van der Waals surface area (Å²) < 4.78 is 36.6. The van der Waals surface area contributed by atoms with Crippen LogP contribution in [-0.2, 0) is 16.1 Å². The number of carbonyl (C=O) groups is 1. The summed E-state index contributed by atoms with van der Waals surface area (Å²) in [5.41, 5.74) is 0.436. The van der Waals surface area contributed by atoms with Gasteiger partial charge in [0.15, 0.2) is 5.76 Å². The predicted octanol–water partition coefficient (Wildman–Crippen LogP) is 3.84. The number of halogens is 2. The summed E-state index contributed by atoms with van der Waals surface area (Å²) in [6.45, 7) is -0.216. The van der Waals surface area contributed by atoms with E-state index in [0.29, 0.717) is 17.5 Å². The number of ether oxygens (including phenoxy) is 1. The molecule has 0 fully saturated rings. The first-order valence-corrected chi connectivity index (χ1v) is 7.82. The molecule has 24 heavy (non-hydrogen) atoms. The molecule has 3 aromatic rings. The molecule has 0 aliphatic rings. The van der Waals surface area contributed by atoms with Crippen LogP contribution in [0.4, 0.5) is 14.5 Å². The SMILES string of the molecule is O=C(COCc1cc(-c2cccs2)on1)Nc1ccc(F)cc1F. The maximum Gasteiger partial charge on any atom is 0.250 e. The molecule has 0 unspecified atom stereocenters. The van der Waals surface area contributed by atoms with Crippen molar-refractivity contribution in [2.24, 2.45) is 0 Å². The third kappa shape index (κ3) is 4.03. The number of amides is 1. The highest BCUT2D eigenvalue weighted by atomic mass is 32.1. The molecule has 5 nitrogen and oxygen atoms in total. The number of thiophene rings is 1. The van der Waals surface area contributed by atoms with Crippen LogP contribution in [0.3, 0.4) is 0 Å². The highest BCUT2D eigenvalue weighted by Crippen LogP contribution is 2.25. The van der Waals surface area contributed by atoms with Gasteiger partial charge in [-0.05, 0) is 23.6 Å². The van der Waals surface area contributed by atoms with Crippen molar-refractivity contribution in [1.29, 1.82) is 0 Å². The maximum absolute atomic E-state index is 13.4. The lowest BCUT2D eigenvalue weighted by atomic mass is 10.3. The van der Waals surface area contributed by atoms with Gasteiger partial charge in [0.25, 0.3) is 0 Å². The van der Waals surface area contributed by atoms with Crippen molar-refractivity contribution in [2.75, 3.05) is 11.9 Å².